The molecule has 1 fully saturated rings. The Morgan fingerprint density at radius 3 is 2.83 bits per heavy atom. The monoisotopic (exact) mass is 162 g/mol. The van der Waals surface area contributed by atoms with Gasteiger partial charge in [-0.25, -0.2) is 0 Å². The van der Waals surface area contributed by atoms with Crippen LogP contribution in [-0.2, 0) is 0 Å². The lowest BCUT2D eigenvalue weighted by atomic mass is 10.1. The molecule has 0 aliphatic heterocycles. The molecule has 1 aliphatic carbocycles. The first-order valence-corrected chi connectivity index (χ1v) is 4.50. The van der Waals surface area contributed by atoms with Crippen LogP contribution in [0.2, 0.25) is 0 Å². The van der Waals surface area contributed by atoms with Crippen LogP contribution in [0.3, 0.4) is 0 Å². The van der Waals surface area contributed by atoms with E-state index in [1.165, 1.54) is 18.5 Å². The van der Waals surface area contributed by atoms with Crippen molar-refractivity contribution in [1.82, 2.24) is 10.3 Å². The lowest BCUT2D eigenvalue weighted by Gasteiger charge is -2.13. The Labute approximate surface area is 73.0 Å². The molecule has 0 amide bonds. The SMILES string of the molecule is CN[C@@H](c1ccccn1)C1CC1. The van der Waals surface area contributed by atoms with Crippen molar-refractivity contribution in [3.8, 4) is 0 Å². The second-order valence-electron chi connectivity index (χ2n) is 3.36. The van der Waals surface area contributed by atoms with Gasteiger partial charge < -0.3 is 5.32 Å². The van der Waals surface area contributed by atoms with E-state index in [1.54, 1.807) is 0 Å². The Bertz CT molecular complexity index is 241. The van der Waals surface area contributed by atoms with Crippen LogP contribution >= 0.6 is 0 Å². The van der Waals surface area contributed by atoms with Gasteiger partial charge in [-0.1, -0.05) is 6.07 Å². The largest absolute Gasteiger partial charge is 0.311 e. The molecular weight excluding hydrogens is 148 g/mol. The molecule has 12 heavy (non-hydrogen) atoms. The van der Waals surface area contributed by atoms with E-state index in [-0.39, 0.29) is 0 Å². The molecule has 1 heterocycles. The molecule has 1 N–H and O–H groups in total. The minimum absolute atomic E-state index is 0.478. The van der Waals surface area contributed by atoms with Gasteiger partial charge in [0.25, 0.3) is 0 Å². The fourth-order valence-corrected chi connectivity index (χ4v) is 1.61. The predicted octanol–water partition coefficient (Wildman–Crippen LogP) is 1.75. The summed E-state index contributed by atoms with van der Waals surface area (Å²) in [4.78, 5) is 4.35. The summed E-state index contributed by atoms with van der Waals surface area (Å²) in [6.07, 6.45) is 4.56. The van der Waals surface area contributed by atoms with Crippen molar-refractivity contribution < 1.29 is 0 Å². The average molecular weight is 162 g/mol. The van der Waals surface area contributed by atoms with E-state index in [9.17, 15) is 0 Å². The van der Waals surface area contributed by atoms with Crippen molar-refractivity contribution in [2.45, 2.75) is 18.9 Å². The van der Waals surface area contributed by atoms with E-state index >= 15 is 0 Å². The van der Waals surface area contributed by atoms with E-state index in [4.69, 9.17) is 0 Å². The standard InChI is InChI=1S/C10H14N2/c1-11-10(8-5-6-8)9-4-2-3-7-12-9/h2-4,7-8,10-11H,5-6H2,1H3/t10-/m1/s1. The quantitative estimate of drug-likeness (QED) is 0.732. The maximum Gasteiger partial charge on any atom is 0.0575 e. The fraction of sp³-hybridized carbons (Fsp3) is 0.500. The Hall–Kier alpha value is -0.890. The van der Waals surface area contributed by atoms with Gasteiger partial charge in [-0.3, -0.25) is 4.98 Å². The Morgan fingerprint density at radius 2 is 2.33 bits per heavy atom. The summed E-state index contributed by atoms with van der Waals surface area (Å²) in [6, 6.07) is 6.59. The Morgan fingerprint density at radius 1 is 1.50 bits per heavy atom. The van der Waals surface area contributed by atoms with Gasteiger partial charge in [0.2, 0.25) is 0 Å². The molecule has 0 spiro atoms. The van der Waals surface area contributed by atoms with Crippen LogP contribution in [0.5, 0.6) is 0 Å². The zero-order chi connectivity index (χ0) is 8.39. The van der Waals surface area contributed by atoms with Crippen LogP contribution in [0.15, 0.2) is 24.4 Å². The highest BCUT2D eigenvalue weighted by Crippen LogP contribution is 2.39. The van der Waals surface area contributed by atoms with Crippen LogP contribution in [0.25, 0.3) is 0 Å². The van der Waals surface area contributed by atoms with Gasteiger partial charge in [0.15, 0.2) is 0 Å². The molecule has 2 nitrogen and oxygen atoms in total. The number of pyridine rings is 1. The van der Waals surface area contributed by atoms with Crippen LogP contribution in [0.4, 0.5) is 0 Å². The molecule has 0 aromatic carbocycles. The summed E-state index contributed by atoms with van der Waals surface area (Å²) in [5.41, 5.74) is 1.18. The third-order valence-corrected chi connectivity index (χ3v) is 2.41. The van der Waals surface area contributed by atoms with Gasteiger partial charge >= 0.3 is 0 Å². The maximum absolute atomic E-state index is 4.35. The fourth-order valence-electron chi connectivity index (χ4n) is 1.61. The van der Waals surface area contributed by atoms with E-state index < -0.39 is 0 Å². The first kappa shape index (κ1) is 7.74. The number of hydrogen-bond donors (Lipinski definition) is 1. The second kappa shape index (κ2) is 3.23. The molecule has 1 saturated carbocycles. The smallest absolute Gasteiger partial charge is 0.0575 e. The van der Waals surface area contributed by atoms with Gasteiger partial charge in [0, 0.05) is 6.20 Å². The third kappa shape index (κ3) is 1.48. The number of aromatic nitrogens is 1. The van der Waals surface area contributed by atoms with Crippen molar-refractivity contribution in [1.29, 1.82) is 0 Å². The van der Waals surface area contributed by atoms with E-state index in [0.29, 0.717) is 6.04 Å². The van der Waals surface area contributed by atoms with Crippen molar-refractivity contribution >= 4 is 0 Å². The number of rotatable bonds is 3. The molecule has 1 aliphatic rings. The molecule has 64 valence electrons. The zero-order valence-corrected chi connectivity index (χ0v) is 7.33. The van der Waals surface area contributed by atoms with Crippen LogP contribution < -0.4 is 5.32 Å². The number of nitrogens with one attached hydrogen (secondary N) is 1. The predicted molar refractivity (Wildman–Crippen MR) is 48.8 cm³/mol. The lowest BCUT2D eigenvalue weighted by molar-refractivity contribution is 0.515. The van der Waals surface area contributed by atoms with E-state index in [2.05, 4.69) is 22.4 Å². The van der Waals surface area contributed by atoms with Gasteiger partial charge in [-0.15, -0.1) is 0 Å². The van der Waals surface area contributed by atoms with Gasteiger partial charge in [-0.05, 0) is 37.9 Å². The highest BCUT2D eigenvalue weighted by atomic mass is 14.9. The normalized spacial score (nSPS) is 19.1. The lowest BCUT2D eigenvalue weighted by Crippen LogP contribution is -2.19. The van der Waals surface area contributed by atoms with Crippen molar-refractivity contribution in [2.75, 3.05) is 7.05 Å². The molecule has 0 unspecified atom stereocenters. The molecule has 1 aromatic rings. The molecule has 1 aromatic heterocycles. The summed E-state index contributed by atoms with van der Waals surface area (Å²) < 4.78 is 0. The highest BCUT2D eigenvalue weighted by molar-refractivity contribution is 5.11. The van der Waals surface area contributed by atoms with Crippen LogP contribution in [0.1, 0.15) is 24.6 Å². The minimum atomic E-state index is 0.478. The van der Waals surface area contributed by atoms with Gasteiger partial charge in [0.1, 0.15) is 0 Å². The van der Waals surface area contributed by atoms with Crippen molar-refractivity contribution in [3.05, 3.63) is 30.1 Å². The molecule has 1 atom stereocenters. The zero-order valence-electron chi connectivity index (χ0n) is 7.33. The summed E-state index contributed by atoms with van der Waals surface area (Å²) in [5.74, 6) is 0.824. The highest BCUT2D eigenvalue weighted by Gasteiger charge is 2.31. The van der Waals surface area contributed by atoms with Crippen molar-refractivity contribution in [3.63, 3.8) is 0 Å². The summed E-state index contributed by atoms with van der Waals surface area (Å²) in [6.45, 7) is 0. The van der Waals surface area contributed by atoms with Crippen LogP contribution in [0, 0.1) is 5.92 Å². The average Bonchev–Trinajstić information content (AvgIpc) is 2.92. The number of hydrogen-bond acceptors (Lipinski definition) is 2. The Kier molecular flexibility index (Phi) is 2.09. The van der Waals surface area contributed by atoms with Gasteiger partial charge in [-0.2, -0.15) is 0 Å². The van der Waals surface area contributed by atoms with Crippen LogP contribution in [-0.4, -0.2) is 12.0 Å². The Balaban J connectivity index is 2.15. The minimum Gasteiger partial charge on any atom is -0.311 e. The molecule has 2 rings (SSSR count). The first-order chi connectivity index (χ1) is 5.92. The summed E-state index contributed by atoms with van der Waals surface area (Å²) >= 11 is 0. The molecule has 0 radical (unpaired) electrons. The first-order valence-electron chi connectivity index (χ1n) is 4.50. The summed E-state index contributed by atoms with van der Waals surface area (Å²) in [5, 5.41) is 3.32. The third-order valence-electron chi connectivity index (χ3n) is 2.41. The molecular formula is C10H14N2. The van der Waals surface area contributed by atoms with E-state index in [1.807, 2.05) is 19.3 Å². The van der Waals surface area contributed by atoms with E-state index in [0.717, 1.165) is 5.92 Å². The van der Waals surface area contributed by atoms with Gasteiger partial charge in [0.05, 0.1) is 11.7 Å². The number of nitrogens with zero attached hydrogens (tertiary/aromatic N) is 1. The molecule has 0 saturated heterocycles. The second-order valence-corrected chi connectivity index (χ2v) is 3.36. The molecule has 0 bridgehead atoms. The topological polar surface area (TPSA) is 24.9 Å². The van der Waals surface area contributed by atoms with Crippen molar-refractivity contribution in [2.24, 2.45) is 5.92 Å². The summed E-state index contributed by atoms with van der Waals surface area (Å²) in [7, 11) is 2.01. The maximum atomic E-state index is 4.35. The molecule has 2 heteroatoms.